The molecule has 1 unspecified atom stereocenters. The first-order valence-corrected chi connectivity index (χ1v) is 5.39. The van der Waals surface area contributed by atoms with E-state index in [9.17, 15) is 0 Å². The van der Waals surface area contributed by atoms with E-state index in [4.69, 9.17) is 5.26 Å². The van der Waals surface area contributed by atoms with Crippen molar-refractivity contribution in [3.8, 4) is 6.07 Å². The van der Waals surface area contributed by atoms with Crippen LogP contribution in [0, 0.1) is 17.2 Å². The highest BCUT2D eigenvalue weighted by atomic mass is 15.2. The summed E-state index contributed by atoms with van der Waals surface area (Å²) in [5.41, 5.74) is 1.40. The van der Waals surface area contributed by atoms with Gasteiger partial charge in [-0.3, -0.25) is 4.98 Å². The number of aromatic nitrogens is 3. The van der Waals surface area contributed by atoms with E-state index in [0.717, 1.165) is 11.3 Å². The van der Waals surface area contributed by atoms with Crippen molar-refractivity contribution in [2.24, 2.45) is 5.92 Å². The predicted molar refractivity (Wildman–Crippen MR) is 65.4 cm³/mol. The lowest BCUT2D eigenvalue weighted by Crippen LogP contribution is -2.24. The van der Waals surface area contributed by atoms with E-state index in [-0.39, 0.29) is 5.92 Å². The van der Waals surface area contributed by atoms with Crippen molar-refractivity contribution in [2.45, 2.75) is 6.92 Å². The van der Waals surface area contributed by atoms with Gasteiger partial charge in [0, 0.05) is 26.0 Å². The Morgan fingerprint density at radius 3 is 2.88 bits per heavy atom. The average Bonchev–Trinajstić information content (AvgIpc) is 2.38. The summed E-state index contributed by atoms with van der Waals surface area (Å²) < 4.78 is 0. The predicted octanol–water partition coefficient (Wildman–Crippen LogP) is 1.62. The largest absolute Gasteiger partial charge is 0.358 e. The van der Waals surface area contributed by atoms with Gasteiger partial charge in [-0.25, -0.2) is 9.97 Å². The van der Waals surface area contributed by atoms with Crippen molar-refractivity contribution >= 4 is 17.0 Å². The number of hydrogen-bond acceptors (Lipinski definition) is 5. The molecule has 2 aromatic rings. The summed E-state index contributed by atoms with van der Waals surface area (Å²) in [7, 11) is 1.92. The number of fused-ring (bicyclic) bond motifs is 1. The van der Waals surface area contributed by atoms with Gasteiger partial charge in [-0.1, -0.05) is 0 Å². The molecule has 0 aliphatic carbocycles. The zero-order valence-electron chi connectivity index (χ0n) is 9.83. The van der Waals surface area contributed by atoms with E-state index in [1.807, 2.05) is 31.0 Å². The summed E-state index contributed by atoms with van der Waals surface area (Å²) in [6.45, 7) is 2.53. The zero-order chi connectivity index (χ0) is 12.3. The van der Waals surface area contributed by atoms with Crippen LogP contribution in [0.1, 0.15) is 6.92 Å². The molecule has 2 heterocycles. The quantitative estimate of drug-likeness (QED) is 0.797. The van der Waals surface area contributed by atoms with Crippen molar-refractivity contribution in [3.63, 3.8) is 0 Å². The van der Waals surface area contributed by atoms with E-state index < -0.39 is 0 Å². The lowest BCUT2D eigenvalue weighted by atomic mass is 10.2. The van der Waals surface area contributed by atoms with Crippen LogP contribution in [0.3, 0.4) is 0 Å². The lowest BCUT2D eigenvalue weighted by Gasteiger charge is -2.19. The highest BCUT2D eigenvalue weighted by Crippen LogP contribution is 2.14. The highest BCUT2D eigenvalue weighted by molar-refractivity contribution is 5.71. The van der Waals surface area contributed by atoms with Crippen LogP contribution in [-0.4, -0.2) is 28.5 Å². The first kappa shape index (κ1) is 11.3. The monoisotopic (exact) mass is 227 g/mol. The molecule has 17 heavy (non-hydrogen) atoms. The highest BCUT2D eigenvalue weighted by Gasteiger charge is 2.08. The zero-order valence-corrected chi connectivity index (χ0v) is 9.83. The molecule has 0 saturated heterocycles. The fraction of sp³-hybridized carbons (Fsp3) is 0.333. The van der Waals surface area contributed by atoms with Crippen LogP contribution in [0.5, 0.6) is 0 Å². The third-order valence-electron chi connectivity index (χ3n) is 2.48. The average molecular weight is 227 g/mol. The molecule has 0 saturated carbocycles. The van der Waals surface area contributed by atoms with Crippen LogP contribution in [0.4, 0.5) is 5.82 Å². The second-order valence-corrected chi connectivity index (χ2v) is 3.98. The molecule has 0 fully saturated rings. The molecule has 0 spiro atoms. The number of anilines is 1. The van der Waals surface area contributed by atoms with Gasteiger partial charge < -0.3 is 4.90 Å². The van der Waals surface area contributed by atoms with Gasteiger partial charge in [0.15, 0.2) is 5.65 Å². The van der Waals surface area contributed by atoms with Crippen LogP contribution in [-0.2, 0) is 0 Å². The third kappa shape index (κ3) is 2.48. The van der Waals surface area contributed by atoms with Crippen LogP contribution in [0.2, 0.25) is 0 Å². The Bertz CT molecular complexity index is 560. The summed E-state index contributed by atoms with van der Waals surface area (Å²) in [4.78, 5) is 14.7. The van der Waals surface area contributed by atoms with Crippen molar-refractivity contribution in [1.29, 1.82) is 5.26 Å². The number of rotatable bonds is 3. The summed E-state index contributed by atoms with van der Waals surface area (Å²) in [5, 5.41) is 8.78. The maximum Gasteiger partial charge on any atom is 0.180 e. The molecule has 5 heteroatoms. The topological polar surface area (TPSA) is 65.7 Å². The van der Waals surface area contributed by atoms with Crippen LogP contribution < -0.4 is 4.90 Å². The Hall–Kier alpha value is -2.22. The Kier molecular flexibility index (Phi) is 3.15. The van der Waals surface area contributed by atoms with Crippen LogP contribution in [0.25, 0.3) is 11.2 Å². The minimum atomic E-state index is -0.0284. The molecule has 0 N–H and O–H groups in total. The van der Waals surface area contributed by atoms with Crippen molar-refractivity contribution in [1.82, 2.24) is 15.0 Å². The number of nitriles is 1. The normalized spacial score (nSPS) is 12.1. The van der Waals surface area contributed by atoms with Gasteiger partial charge in [-0.15, -0.1) is 0 Å². The molecule has 86 valence electrons. The second-order valence-electron chi connectivity index (χ2n) is 3.98. The first-order chi connectivity index (χ1) is 8.20. The van der Waals surface area contributed by atoms with Gasteiger partial charge in [-0.2, -0.15) is 5.26 Å². The minimum Gasteiger partial charge on any atom is -0.358 e. The van der Waals surface area contributed by atoms with E-state index in [1.54, 1.807) is 12.4 Å². The van der Waals surface area contributed by atoms with E-state index in [1.165, 1.54) is 0 Å². The number of nitrogens with zero attached hydrogens (tertiary/aromatic N) is 5. The molecule has 0 amide bonds. The third-order valence-corrected chi connectivity index (χ3v) is 2.48. The lowest BCUT2D eigenvalue weighted by molar-refractivity contribution is 0.711. The van der Waals surface area contributed by atoms with Gasteiger partial charge in [0.25, 0.3) is 0 Å². The van der Waals surface area contributed by atoms with Gasteiger partial charge in [0.1, 0.15) is 11.3 Å². The number of pyridine rings is 1. The van der Waals surface area contributed by atoms with E-state index >= 15 is 0 Å². The summed E-state index contributed by atoms with van der Waals surface area (Å²) in [6, 6.07) is 5.98. The molecule has 0 aromatic carbocycles. The van der Waals surface area contributed by atoms with Gasteiger partial charge >= 0.3 is 0 Å². The molecular formula is C12H13N5. The smallest absolute Gasteiger partial charge is 0.180 e. The molecule has 1 atom stereocenters. The van der Waals surface area contributed by atoms with Crippen molar-refractivity contribution < 1.29 is 0 Å². The second kappa shape index (κ2) is 4.74. The first-order valence-electron chi connectivity index (χ1n) is 5.39. The Labute approximate surface area is 99.7 Å². The molecule has 5 nitrogen and oxygen atoms in total. The molecule has 2 aromatic heterocycles. The fourth-order valence-corrected chi connectivity index (χ4v) is 1.60. The van der Waals surface area contributed by atoms with E-state index in [2.05, 4.69) is 21.0 Å². The van der Waals surface area contributed by atoms with Gasteiger partial charge in [-0.05, 0) is 19.1 Å². The summed E-state index contributed by atoms with van der Waals surface area (Å²) in [6.07, 6.45) is 3.27. The molecule has 2 rings (SSSR count). The number of hydrogen-bond donors (Lipinski definition) is 0. The SMILES string of the molecule is CC(C#N)CN(C)c1ccc2nccnc2n1. The molecular weight excluding hydrogens is 214 g/mol. The van der Waals surface area contributed by atoms with Crippen LogP contribution in [0.15, 0.2) is 24.5 Å². The van der Waals surface area contributed by atoms with Gasteiger partial charge in [0.2, 0.25) is 0 Å². The molecule has 0 aliphatic heterocycles. The maximum absolute atomic E-state index is 8.78. The Morgan fingerprint density at radius 1 is 1.35 bits per heavy atom. The van der Waals surface area contributed by atoms with E-state index in [0.29, 0.717) is 12.2 Å². The van der Waals surface area contributed by atoms with Gasteiger partial charge in [0.05, 0.1) is 12.0 Å². The maximum atomic E-state index is 8.78. The summed E-state index contributed by atoms with van der Waals surface area (Å²) in [5.74, 6) is 0.777. The molecule has 0 aliphatic rings. The molecule has 0 bridgehead atoms. The Balaban J connectivity index is 2.27. The molecule has 0 radical (unpaired) electrons. The van der Waals surface area contributed by atoms with Crippen LogP contribution >= 0.6 is 0 Å². The Morgan fingerprint density at radius 2 is 2.12 bits per heavy atom. The minimum absolute atomic E-state index is 0.0284. The fourth-order valence-electron chi connectivity index (χ4n) is 1.60. The standard InChI is InChI=1S/C12H13N5/c1-9(7-13)8-17(2)11-4-3-10-12(16-11)15-6-5-14-10/h3-6,9H,8H2,1-2H3. The summed E-state index contributed by atoms with van der Waals surface area (Å²) >= 11 is 0. The van der Waals surface area contributed by atoms with Crippen molar-refractivity contribution in [2.75, 3.05) is 18.5 Å². The van der Waals surface area contributed by atoms with Crippen molar-refractivity contribution in [3.05, 3.63) is 24.5 Å².